The number of aromatic hydroxyl groups is 4. The van der Waals surface area contributed by atoms with Crippen LogP contribution in [0.5, 0.6) is 40.2 Å². The summed E-state index contributed by atoms with van der Waals surface area (Å²) in [5.74, 6) is -11.3. The van der Waals surface area contributed by atoms with E-state index in [4.69, 9.17) is 14.2 Å². The van der Waals surface area contributed by atoms with Gasteiger partial charge in [-0.25, -0.2) is 4.79 Å². The average Bonchev–Trinajstić information content (AvgIpc) is 2.74. The molecule has 0 amide bonds. The maximum absolute atomic E-state index is 13.5. The van der Waals surface area contributed by atoms with Crippen molar-refractivity contribution >= 4 is 11.8 Å². The van der Waals surface area contributed by atoms with Gasteiger partial charge in [0.05, 0.1) is 5.56 Å². The molecule has 6 N–H and O–H groups in total. The molecule has 2 atom stereocenters. The van der Waals surface area contributed by atoms with E-state index >= 15 is 0 Å². The number of hydrogen-bond acceptors (Lipinski definition) is 10. The van der Waals surface area contributed by atoms with Crippen molar-refractivity contribution in [2.75, 3.05) is 0 Å². The molecule has 5 rings (SSSR count). The number of Topliss-reactive ketones (excluding diaryl/α,β-unsaturated/α-hetero) is 1. The zero-order valence-electron chi connectivity index (χ0n) is 16.3. The van der Waals surface area contributed by atoms with Gasteiger partial charge in [0, 0.05) is 17.7 Å². The molecular weight excluding hydrogens is 440 g/mol. The van der Waals surface area contributed by atoms with Crippen LogP contribution in [-0.4, -0.2) is 48.2 Å². The van der Waals surface area contributed by atoms with Crippen molar-refractivity contribution in [1.82, 2.24) is 0 Å². The number of carbonyl (C=O) groups excluding carboxylic acids is 1. The van der Waals surface area contributed by atoms with Crippen molar-refractivity contribution in [2.24, 2.45) is 0 Å². The summed E-state index contributed by atoms with van der Waals surface area (Å²) in [5.41, 5.74) is -0.946. The van der Waals surface area contributed by atoms with Gasteiger partial charge in [-0.3, -0.25) is 4.79 Å². The van der Waals surface area contributed by atoms with Crippen molar-refractivity contribution in [1.29, 1.82) is 0 Å². The highest BCUT2D eigenvalue weighted by Crippen LogP contribution is 2.55. The standard InChI is InChI=1S/C22H14O11/c23-11-7-14(26)18-17(8-11)33-22(10-2-3-12(24)13(25)6-10)21(30,19(18)27)31-16-5-9(20(28)29)1-4-15(16)32-22/h1-8,23-26,30H,(H,28,29). The van der Waals surface area contributed by atoms with Crippen LogP contribution in [0.3, 0.4) is 0 Å². The Hall–Kier alpha value is -4.64. The van der Waals surface area contributed by atoms with E-state index in [1.807, 2.05) is 0 Å². The molecular formula is C22H14O11. The van der Waals surface area contributed by atoms with Gasteiger partial charge in [0.15, 0.2) is 23.0 Å². The van der Waals surface area contributed by atoms with Gasteiger partial charge in [-0.1, -0.05) is 0 Å². The fourth-order valence-electron chi connectivity index (χ4n) is 3.80. The molecule has 3 aromatic carbocycles. The van der Waals surface area contributed by atoms with Crippen LogP contribution in [0.2, 0.25) is 0 Å². The van der Waals surface area contributed by atoms with Gasteiger partial charge < -0.3 is 44.8 Å². The van der Waals surface area contributed by atoms with Gasteiger partial charge in [-0.2, -0.15) is 0 Å². The van der Waals surface area contributed by atoms with Crippen molar-refractivity contribution in [3.63, 3.8) is 0 Å². The zero-order valence-corrected chi connectivity index (χ0v) is 16.3. The van der Waals surface area contributed by atoms with Crippen LogP contribution in [0.15, 0.2) is 48.5 Å². The van der Waals surface area contributed by atoms with Crippen LogP contribution in [0.1, 0.15) is 26.3 Å². The Morgan fingerprint density at radius 2 is 1.48 bits per heavy atom. The molecule has 2 unspecified atom stereocenters. The van der Waals surface area contributed by atoms with Crippen LogP contribution in [-0.2, 0) is 5.79 Å². The smallest absolute Gasteiger partial charge is 0.357 e. The van der Waals surface area contributed by atoms with Gasteiger partial charge in [0.1, 0.15) is 22.8 Å². The lowest BCUT2D eigenvalue weighted by Gasteiger charge is -2.49. The molecule has 2 aliphatic heterocycles. The van der Waals surface area contributed by atoms with Crippen LogP contribution in [0.4, 0.5) is 0 Å². The number of phenols is 4. The highest BCUT2D eigenvalue weighted by atomic mass is 16.8. The van der Waals surface area contributed by atoms with E-state index in [2.05, 4.69) is 0 Å². The van der Waals surface area contributed by atoms with Crippen molar-refractivity contribution in [2.45, 2.75) is 11.6 Å². The number of phenolic OH excluding ortho intramolecular Hbond substituents is 4. The summed E-state index contributed by atoms with van der Waals surface area (Å²) in [5, 5.41) is 60.7. The Labute approximate surface area is 183 Å². The minimum Gasteiger partial charge on any atom is -0.508 e. The monoisotopic (exact) mass is 454 g/mol. The van der Waals surface area contributed by atoms with Crippen LogP contribution >= 0.6 is 0 Å². The summed E-state index contributed by atoms with van der Waals surface area (Å²) in [6.45, 7) is 0. The first-order chi connectivity index (χ1) is 15.6. The van der Waals surface area contributed by atoms with Gasteiger partial charge in [0.2, 0.25) is 0 Å². The third-order valence-electron chi connectivity index (χ3n) is 5.36. The summed E-state index contributed by atoms with van der Waals surface area (Å²) >= 11 is 0. The lowest BCUT2D eigenvalue weighted by molar-refractivity contribution is -0.316. The SMILES string of the molecule is O=C(O)c1ccc2c(c1)OC1(O)C(=O)c3c(O)cc(O)cc3OC1(c1ccc(O)c(O)c1)O2. The Bertz CT molecular complexity index is 1360. The molecule has 168 valence electrons. The van der Waals surface area contributed by atoms with Crippen LogP contribution in [0, 0.1) is 0 Å². The molecule has 3 aromatic rings. The number of ether oxygens (including phenoxy) is 3. The molecule has 0 aliphatic carbocycles. The Balaban J connectivity index is 1.80. The second-order valence-electron chi connectivity index (χ2n) is 7.40. The molecule has 0 fully saturated rings. The maximum atomic E-state index is 13.5. The van der Waals surface area contributed by atoms with Crippen molar-refractivity contribution in [3.05, 3.63) is 65.2 Å². The van der Waals surface area contributed by atoms with Crippen molar-refractivity contribution < 1.29 is 54.4 Å². The second-order valence-corrected chi connectivity index (χ2v) is 7.40. The van der Waals surface area contributed by atoms with E-state index in [1.165, 1.54) is 18.2 Å². The predicted molar refractivity (Wildman–Crippen MR) is 106 cm³/mol. The number of fused-ring (bicyclic) bond motifs is 3. The first kappa shape index (κ1) is 20.3. The van der Waals surface area contributed by atoms with E-state index in [9.17, 15) is 40.2 Å². The Morgan fingerprint density at radius 3 is 2.18 bits per heavy atom. The summed E-state index contributed by atoms with van der Waals surface area (Å²) in [6.07, 6.45) is 0. The minimum atomic E-state index is -3.04. The fourth-order valence-corrected chi connectivity index (χ4v) is 3.80. The predicted octanol–water partition coefficient (Wildman–Crippen LogP) is 1.80. The van der Waals surface area contributed by atoms with E-state index in [0.29, 0.717) is 0 Å². The van der Waals surface area contributed by atoms with E-state index in [0.717, 1.165) is 30.3 Å². The first-order valence-electron chi connectivity index (χ1n) is 9.36. The molecule has 2 aliphatic rings. The molecule has 11 heteroatoms. The normalized spacial score (nSPS) is 22.6. The first-order valence-corrected chi connectivity index (χ1v) is 9.36. The number of hydrogen-bond donors (Lipinski definition) is 6. The molecule has 0 bridgehead atoms. The highest BCUT2D eigenvalue weighted by molar-refractivity contribution is 6.08. The van der Waals surface area contributed by atoms with Gasteiger partial charge >= 0.3 is 17.5 Å². The number of aromatic carboxylic acids is 1. The lowest BCUT2D eigenvalue weighted by atomic mass is 9.85. The largest absolute Gasteiger partial charge is 0.508 e. The molecule has 0 aromatic heterocycles. The lowest BCUT2D eigenvalue weighted by Crippen LogP contribution is -2.70. The average molecular weight is 454 g/mol. The summed E-state index contributed by atoms with van der Waals surface area (Å²) in [6, 6.07) is 8.46. The third-order valence-corrected chi connectivity index (χ3v) is 5.36. The van der Waals surface area contributed by atoms with Crippen molar-refractivity contribution in [3.8, 4) is 40.2 Å². The molecule has 0 radical (unpaired) electrons. The number of aliphatic hydroxyl groups is 1. The summed E-state index contributed by atoms with van der Waals surface area (Å²) in [7, 11) is 0. The molecule has 11 nitrogen and oxygen atoms in total. The number of carboxylic acids is 1. The molecule has 0 spiro atoms. The topological polar surface area (TPSA) is 183 Å². The minimum absolute atomic E-state index is 0.127. The quantitative estimate of drug-likeness (QED) is 0.310. The third kappa shape index (κ3) is 2.66. The molecule has 0 saturated heterocycles. The number of benzene rings is 3. The maximum Gasteiger partial charge on any atom is 0.357 e. The van der Waals surface area contributed by atoms with Crippen LogP contribution in [0.25, 0.3) is 0 Å². The molecule has 33 heavy (non-hydrogen) atoms. The van der Waals surface area contributed by atoms with E-state index < -0.39 is 51.9 Å². The van der Waals surface area contributed by atoms with E-state index in [1.54, 1.807) is 0 Å². The van der Waals surface area contributed by atoms with Gasteiger partial charge in [0.25, 0.3) is 5.78 Å². The Kier molecular flexibility index (Phi) is 3.95. The summed E-state index contributed by atoms with van der Waals surface area (Å²) in [4.78, 5) is 24.8. The van der Waals surface area contributed by atoms with Gasteiger partial charge in [-0.15, -0.1) is 0 Å². The van der Waals surface area contributed by atoms with E-state index in [-0.39, 0.29) is 28.4 Å². The van der Waals surface area contributed by atoms with Gasteiger partial charge in [-0.05, 0) is 36.4 Å². The molecule has 0 saturated carbocycles. The zero-order chi connectivity index (χ0) is 23.7. The molecule has 2 heterocycles. The second kappa shape index (κ2) is 6.43. The van der Waals surface area contributed by atoms with Crippen LogP contribution < -0.4 is 14.2 Å². The number of rotatable bonds is 2. The number of ketones is 1. The number of carbonyl (C=O) groups is 2. The Morgan fingerprint density at radius 1 is 0.758 bits per heavy atom. The highest BCUT2D eigenvalue weighted by Gasteiger charge is 2.70. The summed E-state index contributed by atoms with van der Waals surface area (Å²) < 4.78 is 17.3. The number of carboxylic acid groups (broad SMARTS) is 1. The fraction of sp³-hybridized carbons (Fsp3) is 0.0909.